The van der Waals surface area contributed by atoms with Crippen molar-refractivity contribution >= 4 is 148 Å². The van der Waals surface area contributed by atoms with Crippen LogP contribution in [0.15, 0.2) is 211 Å². The summed E-state index contributed by atoms with van der Waals surface area (Å²) < 4.78 is 161. The van der Waals surface area contributed by atoms with Gasteiger partial charge in [-0.3, -0.25) is 0 Å². The first-order valence-corrected chi connectivity index (χ1v) is 45.3. The first-order valence-electron chi connectivity index (χ1n) is 50.5. The molecule has 20 rings (SSSR count). The summed E-state index contributed by atoms with van der Waals surface area (Å²) >= 11 is 6.58. The highest BCUT2D eigenvalue weighted by Gasteiger charge is 2.30. The van der Waals surface area contributed by atoms with E-state index in [9.17, 15) is 26.3 Å². The number of hydrogen-bond acceptors (Lipinski definition) is 10. The molecular formula is C114H103N10OS4+5. The second-order valence-corrected chi connectivity index (χ2v) is 37.5. The number of pyridine rings is 5. The number of thiophene rings is 4. The van der Waals surface area contributed by atoms with Gasteiger partial charge in [-0.25, -0.2) is 0 Å². The molecule has 0 spiro atoms. The molecule has 129 heavy (non-hydrogen) atoms. The summed E-state index contributed by atoms with van der Waals surface area (Å²) in [6, 6.07) is 75.7. The minimum absolute atomic E-state index is 0.0473. The molecule has 0 aliphatic rings. The molecule has 0 N–H and O–H groups in total. The predicted molar refractivity (Wildman–Crippen MR) is 537 cm³/mol. The number of aryl methyl sites for hydroxylation is 13. The summed E-state index contributed by atoms with van der Waals surface area (Å²) in [5, 5.41) is 57.1. The number of hydrogen-bond donors (Lipinski definition) is 0. The average molecular weight is 1770 g/mol. The molecule has 10 aromatic carbocycles. The number of rotatable bonds is 7. The first kappa shape index (κ1) is 69.2. The van der Waals surface area contributed by atoms with Crippen LogP contribution in [0, 0.1) is 166 Å². The third kappa shape index (κ3) is 16.3. The number of nitrogens with zero attached hydrogens (tertiary/aromatic N) is 10. The van der Waals surface area contributed by atoms with Gasteiger partial charge in [0.05, 0.1) is 84.6 Å². The van der Waals surface area contributed by atoms with Gasteiger partial charge in [0.25, 0.3) is 0 Å². The molecule has 15 heteroatoms. The van der Waals surface area contributed by atoms with Gasteiger partial charge in [0.2, 0.25) is 28.5 Å². The van der Waals surface area contributed by atoms with Crippen LogP contribution in [0.1, 0.15) is 155 Å². The van der Waals surface area contributed by atoms with Gasteiger partial charge in [-0.1, -0.05) is 92.7 Å². The van der Waals surface area contributed by atoms with E-state index >= 15 is 0 Å². The number of fused-ring (bicyclic) bond motifs is 15. The topological polar surface area (TPSA) is 151 Å². The smallest absolute Gasteiger partial charge is 0.214 e. The van der Waals surface area contributed by atoms with Gasteiger partial charge in [0.15, 0.2) is 28.5 Å². The summed E-state index contributed by atoms with van der Waals surface area (Å²) in [7, 11) is 9.65. The van der Waals surface area contributed by atoms with Crippen LogP contribution in [0.2, 0.25) is 0 Å². The van der Waals surface area contributed by atoms with E-state index in [2.05, 4.69) is 92.7 Å². The zero-order valence-electron chi connectivity index (χ0n) is 91.7. The van der Waals surface area contributed by atoms with Crippen molar-refractivity contribution in [3.8, 4) is 86.6 Å². The third-order valence-electron chi connectivity index (χ3n) is 24.6. The maximum Gasteiger partial charge on any atom is 0.214 e. The maximum absolute atomic E-state index is 9.55. The predicted octanol–water partition coefficient (Wildman–Crippen LogP) is 27.4. The number of aromatic nitrogens is 5. The zero-order valence-corrected chi connectivity index (χ0v) is 78.0. The summed E-state index contributed by atoms with van der Waals surface area (Å²) in [6.07, 6.45) is -1.86. The van der Waals surface area contributed by atoms with Gasteiger partial charge in [-0.2, -0.15) is 49.1 Å². The molecule has 634 valence electrons. The van der Waals surface area contributed by atoms with E-state index in [1.54, 1.807) is 146 Å². The monoisotopic (exact) mass is 1770 g/mol. The van der Waals surface area contributed by atoms with Crippen molar-refractivity contribution in [2.24, 2.45) is 41.2 Å². The molecule has 10 heterocycles. The van der Waals surface area contributed by atoms with Crippen LogP contribution in [-0.2, 0) is 41.6 Å². The van der Waals surface area contributed by atoms with Crippen LogP contribution >= 0.6 is 45.3 Å². The number of benzene rings is 10. The lowest BCUT2D eigenvalue weighted by Crippen LogP contribution is -2.36. The fourth-order valence-corrected chi connectivity index (χ4v) is 22.8. The molecule has 0 saturated carbocycles. The molecule has 0 bridgehead atoms. The van der Waals surface area contributed by atoms with E-state index in [4.69, 9.17) is 27.7 Å². The molecule has 0 saturated heterocycles. The minimum atomic E-state index is -2.47. The van der Waals surface area contributed by atoms with Crippen molar-refractivity contribution in [2.75, 3.05) is 0 Å². The summed E-state index contributed by atoms with van der Waals surface area (Å²) in [6.45, 7) is 12.0. The highest BCUT2D eigenvalue weighted by molar-refractivity contribution is 7.27. The fourth-order valence-electron chi connectivity index (χ4n) is 17.5. The molecule has 11 nitrogen and oxygen atoms in total. The van der Waals surface area contributed by atoms with E-state index in [-0.39, 0.29) is 11.1 Å². The quantitative estimate of drug-likeness (QED) is 0.145. The second-order valence-electron chi connectivity index (χ2n) is 33.3. The molecule has 20 aromatic rings. The van der Waals surface area contributed by atoms with Crippen LogP contribution in [0.3, 0.4) is 0 Å². The normalized spacial score (nSPS) is 13.8. The first-order chi connectivity index (χ1) is 68.6. The summed E-state index contributed by atoms with van der Waals surface area (Å²) in [4.78, 5) is 0. The molecule has 0 unspecified atom stereocenters. The standard InChI is InChI=1S/C26H27N2O.4C22H19N2S/c1-15(2)11-20-13-22(28(6)18(5)17(20)4)25-16(3)7-9-24-26(25)21-12-19(14-27)8-10-23(21)29-24;1-13-9-15(3)24(4)19(10-13)21-14(2)5-7-18-17-8-6-16(12-23)11-20(17)25-22(18)21;1-13-9-15(3)24(4)19(10-13)21-14(2)5-7-17-18-11-16(12-23)6-8-20(18)25-22(17)21;1-13-10-15(3)24(4)18(11-13)20-14(2)8-9-17-21-16(12-23)6-5-7-19(21)25-22(17)20;1-13-10-15(3)24(4)19(11-13)20-14(2)8-9-18-17-7-5-6-16(12-23)21(17)25-22(18)20/h7-10,12-13,15H,11H2,1-6H3;4*5-11H,1-4H3/q5*+1/i4D3,11D2;4*1D3. The second kappa shape index (κ2) is 35.7. The lowest BCUT2D eigenvalue weighted by molar-refractivity contribution is -0.667. The highest BCUT2D eigenvalue weighted by atomic mass is 32.1. The van der Waals surface area contributed by atoms with E-state index in [0.717, 1.165) is 193 Å². The molecule has 0 fully saturated rings. The Hall–Kier alpha value is -13.9. The lowest BCUT2D eigenvalue weighted by Gasteiger charge is -2.14. The lowest BCUT2D eigenvalue weighted by atomic mass is 9.92. The minimum Gasteiger partial charge on any atom is -0.456 e. The van der Waals surface area contributed by atoms with Crippen molar-refractivity contribution in [1.82, 2.24) is 0 Å². The summed E-state index contributed by atoms with van der Waals surface area (Å²) in [5.74, 6) is -0.432. The Morgan fingerprint density at radius 3 is 1.22 bits per heavy atom. The van der Waals surface area contributed by atoms with Crippen molar-refractivity contribution in [3.05, 3.63) is 324 Å². The van der Waals surface area contributed by atoms with E-state index in [1.165, 1.54) is 0 Å². The Labute approximate surface area is 795 Å². The van der Waals surface area contributed by atoms with E-state index < -0.39 is 46.6 Å². The largest absolute Gasteiger partial charge is 0.456 e. The van der Waals surface area contributed by atoms with Gasteiger partial charge in [-0.15, -0.1) is 45.3 Å². The van der Waals surface area contributed by atoms with Crippen LogP contribution in [0.25, 0.3) is 159 Å². The average Bonchev–Trinajstić information content (AvgIpc) is 1.41. The number of nitriles is 5. The van der Waals surface area contributed by atoms with Crippen molar-refractivity contribution in [2.45, 2.75) is 124 Å². The SMILES string of the molecule is [2H]C([2H])([2H])c1c(C([2H])([2H])C(C)C)cc(-c2c(C)ccc3oc4ccc(C#N)cc4c23)[n+](C)c1C.[2H]C([2H])([2H])c1cc(C)[n+](C)c(-c2c(C)ccc3c2sc2c(C#N)cccc23)c1.[2H]C([2H])([2H])c1cc(C)[n+](C)c(-c2c(C)ccc3c2sc2cc(C#N)ccc23)c1.[2H]C([2H])([2H])c1cc(C)[n+](C)c(-c2c(C)ccc3c2sc2ccc(C#N)cc23)c1.[2H]C([2H])([2H])c1cc(C)[n+](C)c(-c2c(C)ccc3c2sc2cccc(C#N)c23)c1. The van der Waals surface area contributed by atoms with Crippen molar-refractivity contribution in [1.29, 1.82) is 26.3 Å². The van der Waals surface area contributed by atoms with Gasteiger partial charge in [0.1, 0.15) is 52.5 Å². The molecule has 0 aliphatic heterocycles. The zero-order chi connectivity index (χ0) is 106. The molecule has 0 radical (unpaired) electrons. The van der Waals surface area contributed by atoms with Crippen LogP contribution in [0.4, 0.5) is 0 Å². The Morgan fingerprint density at radius 2 is 0.721 bits per heavy atom. The molecule has 10 aromatic heterocycles. The molecule has 0 aliphatic carbocycles. The Bertz CT molecular complexity index is 8910. The molecular weight excluding hydrogens is 1650 g/mol. The Kier molecular flexibility index (Phi) is 19.2. The number of furan rings is 1. The van der Waals surface area contributed by atoms with E-state index in [1.807, 2.05) is 184 Å². The summed E-state index contributed by atoms with van der Waals surface area (Å²) in [5.41, 5.74) is 24.6. The fraction of sp³-hybridized carbons (Fsp3) is 0.211. The van der Waals surface area contributed by atoms with Gasteiger partial charge < -0.3 is 4.42 Å². The van der Waals surface area contributed by atoms with Gasteiger partial charge in [-0.05, 0) is 210 Å². The molecule has 0 amide bonds. The van der Waals surface area contributed by atoms with Crippen molar-refractivity contribution in [3.63, 3.8) is 0 Å². The Balaban J connectivity index is 0.000000131. The van der Waals surface area contributed by atoms with Crippen LogP contribution < -0.4 is 22.8 Å². The highest BCUT2D eigenvalue weighted by Crippen LogP contribution is 2.48. The van der Waals surface area contributed by atoms with Crippen LogP contribution in [-0.4, -0.2) is 0 Å². The third-order valence-corrected chi connectivity index (χ3v) is 29.5. The van der Waals surface area contributed by atoms with Gasteiger partial charge >= 0.3 is 0 Å². The molecule has 0 atom stereocenters. The Morgan fingerprint density at radius 1 is 0.326 bits per heavy atom. The maximum atomic E-state index is 9.55. The van der Waals surface area contributed by atoms with Gasteiger partial charge in [0, 0.05) is 205 Å². The van der Waals surface area contributed by atoms with Crippen LogP contribution in [0.5, 0.6) is 0 Å². The van der Waals surface area contributed by atoms with E-state index in [0.29, 0.717) is 72.6 Å². The van der Waals surface area contributed by atoms with Crippen molar-refractivity contribution < 1.29 is 50.6 Å².